The molecule has 6 nitrogen and oxygen atoms in total. The highest BCUT2D eigenvalue weighted by Crippen LogP contribution is 2.24. The second-order valence-electron chi connectivity index (χ2n) is 4.44. The van der Waals surface area contributed by atoms with Gasteiger partial charge in [-0.1, -0.05) is 0 Å². The molecule has 1 aliphatic heterocycles. The molecule has 1 atom stereocenters. The van der Waals surface area contributed by atoms with Crippen LogP contribution in [-0.2, 0) is 0 Å². The van der Waals surface area contributed by atoms with Crippen molar-refractivity contribution in [3.05, 3.63) is 28.3 Å². The molecule has 90 valence electrons. The molecular weight excluding hydrogens is 218 g/mol. The molecule has 17 heavy (non-hydrogen) atoms. The quantitative estimate of drug-likeness (QED) is 0.741. The van der Waals surface area contributed by atoms with Gasteiger partial charge >= 0.3 is 0 Å². The molecule has 3 rings (SSSR count). The lowest BCUT2D eigenvalue weighted by Crippen LogP contribution is -2.15. The topological polar surface area (TPSA) is 75.1 Å². The molecule has 1 saturated heterocycles. The highest BCUT2D eigenvalue weighted by Gasteiger charge is 2.19. The Bertz CT molecular complexity index is 564. The summed E-state index contributed by atoms with van der Waals surface area (Å²) in [7, 11) is 0. The zero-order chi connectivity index (χ0) is 11.7. The average molecular weight is 233 g/mol. The maximum absolute atomic E-state index is 11.3. The van der Waals surface area contributed by atoms with Crippen LogP contribution in [0.25, 0.3) is 5.65 Å². The van der Waals surface area contributed by atoms with Crippen LogP contribution in [0.15, 0.2) is 16.9 Å². The van der Waals surface area contributed by atoms with Crippen LogP contribution in [0.5, 0.6) is 0 Å². The van der Waals surface area contributed by atoms with Gasteiger partial charge in [0.1, 0.15) is 0 Å². The summed E-state index contributed by atoms with van der Waals surface area (Å²) in [6.45, 7) is 2.06. The van der Waals surface area contributed by atoms with Crippen molar-refractivity contribution in [1.82, 2.24) is 25.1 Å². The number of hydrogen-bond donors (Lipinski definition) is 2. The Morgan fingerprint density at radius 3 is 3.12 bits per heavy atom. The lowest BCUT2D eigenvalue weighted by atomic mass is 10.0. The van der Waals surface area contributed by atoms with Crippen LogP contribution >= 0.6 is 0 Å². The smallest absolute Gasteiger partial charge is 0.263 e. The Kier molecular flexibility index (Phi) is 2.64. The second kappa shape index (κ2) is 4.29. The number of nitrogens with one attached hydrogen (secondary N) is 2. The number of hydrogen-bond acceptors (Lipinski definition) is 4. The first-order chi connectivity index (χ1) is 8.34. The molecule has 2 aromatic rings. The summed E-state index contributed by atoms with van der Waals surface area (Å²) >= 11 is 0. The Morgan fingerprint density at radius 1 is 1.24 bits per heavy atom. The minimum atomic E-state index is -0.120. The van der Waals surface area contributed by atoms with Crippen molar-refractivity contribution < 1.29 is 0 Å². The van der Waals surface area contributed by atoms with Crippen molar-refractivity contribution in [3.8, 4) is 0 Å². The molecule has 0 radical (unpaired) electrons. The van der Waals surface area contributed by atoms with Gasteiger partial charge in [-0.05, 0) is 38.4 Å². The van der Waals surface area contributed by atoms with Crippen LogP contribution < -0.4 is 10.9 Å². The van der Waals surface area contributed by atoms with Gasteiger partial charge in [0.05, 0.1) is 0 Å². The predicted molar refractivity (Wildman–Crippen MR) is 63.1 cm³/mol. The molecule has 2 aromatic heterocycles. The molecule has 0 bridgehead atoms. The molecule has 2 N–H and O–H groups in total. The van der Waals surface area contributed by atoms with E-state index in [-0.39, 0.29) is 5.56 Å². The van der Waals surface area contributed by atoms with Gasteiger partial charge in [0, 0.05) is 12.0 Å². The van der Waals surface area contributed by atoms with Crippen LogP contribution in [-0.4, -0.2) is 32.9 Å². The van der Waals surface area contributed by atoms with E-state index in [1.807, 2.05) is 0 Å². The van der Waals surface area contributed by atoms with E-state index in [9.17, 15) is 4.79 Å². The summed E-state index contributed by atoms with van der Waals surface area (Å²) in [5, 5.41) is 14.4. The first kappa shape index (κ1) is 10.5. The van der Waals surface area contributed by atoms with Gasteiger partial charge in [-0.15, -0.1) is 10.2 Å². The third kappa shape index (κ3) is 1.95. The number of rotatable bonds is 1. The third-order valence-electron chi connectivity index (χ3n) is 3.26. The van der Waals surface area contributed by atoms with Gasteiger partial charge in [-0.25, -0.2) is 4.52 Å². The largest absolute Gasteiger partial charge is 0.317 e. The lowest BCUT2D eigenvalue weighted by molar-refractivity contribution is 0.557. The fourth-order valence-electron chi connectivity index (χ4n) is 2.37. The summed E-state index contributed by atoms with van der Waals surface area (Å²) in [5.74, 6) is 1.25. The van der Waals surface area contributed by atoms with Crippen molar-refractivity contribution in [3.63, 3.8) is 0 Å². The summed E-state index contributed by atoms with van der Waals surface area (Å²) in [5.41, 5.74) is 0.585. The zero-order valence-electron chi connectivity index (χ0n) is 9.52. The molecule has 0 aromatic carbocycles. The normalized spacial score (nSPS) is 21.5. The number of H-pyrrole nitrogens is 1. The van der Waals surface area contributed by atoms with Crippen LogP contribution in [0.1, 0.15) is 31.0 Å². The Labute approximate surface area is 98.0 Å². The maximum atomic E-state index is 11.3. The summed E-state index contributed by atoms with van der Waals surface area (Å²) < 4.78 is 1.72. The van der Waals surface area contributed by atoms with Crippen molar-refractivity contribution in [1.29, 1.82) is 0 Å². The molecule has 1 fully saturated rings. The standard InChI is InChI=1S/C11H15N5O/c17-10-4-3-9-13-14-11(16(9)15-10)8-2-1-6-12-7-5-8/h3-4,8,12H,1-2,5-7H2,(H,15,17). The van der Waals surface area contributed by atoms with Crippen LogP contribution in [0.3, 0.4) is 0 Å². The van der Waals surface area contributed by atoms with E-state index in [2.05, 4.69) is 20.6 Å². The summed E-state index contributed by atoms with van der Waals surface area (Å²) in [4.78, 5) is 11.3. The molecule has 0 amide bonds. The second-order valence-corrected chi connectivity index (χ2v) is 4.44. The van der Waals surface area contributed by atoms with Gasteiger partial charge in [0.25, 0.3) is 5.56 Å². The van der Waals surface area contributed by atoms with E-state index in [0.717, 1.165) is 38.2 Å². The van der Waals surface area contributed by atoms with E-state index in [4.69, 9.17) is 0 Å². The SMILES string of the molecule is O=c1ccc2nnc(C3CCCNCC3)n2[nH]1. The van der Waals surface area contributed by atoms with Gasteiger partial charge in [-0.2, -0.15) is 0 Å². The van der Waals surface area contributed by atoms with Gasteiger partial charge in [0.15, 0.2) is 11.5 Å². The summed E-state index contributed by atoms with van der Waals surface area (Å²) in [6.07, 6.45) is 3.26. The van der Waals surface area contributed by atoms with Gasteiger partial charge < -0.3 is 5.32 Å². The molecule has 0 saturated carbocycles. The van der Waals surface area contributed by atoms with Crippen molar-refractivity contribution >= 4 is 5.65 Å². The monoisotopic (exact) mass is 233 g/mol. The Morgan fingerprint density at radius 2 is 2.18 bits per heavy atom. The van der Waals surface area contributed by atoms with Crippen molar-refractivity contribution in [2.75, 3.05) is 13.1 Å². The van der Waals surface area contributed by atoms with E-state index < -0.39 is 0 Å². The first-order valence-electron chi connectivity index (χ1n) is 6.00. The number of aromatic amines is 1. The Balaban J connectivity index is 2.03. The minimum absolute atomic E-state index is 0.120. The van der Waals surface area contributed by atoms with Gasteiger partial charge in [0.2, 0.25) is 0 Å². The highest BCUT2D eigenvalue weighted by molar-refractivity contribution is 5.35. The third-order valence-corrected chi connectivity index (χ3v) is 3.26. The molecule has 6 heteroatoms. The maximum Gasteiger partial charge on any atom is 0.263 e. The molecule has 3 heterocycles. The van der Waals surface area contributed by atoms with Crippen molar-refractivity contribution in [2.24, 2.45) is 0 Å². The average Bonchev–Trinajstić information content (AvgIpc) is 2.58. The number of fused-ring (bicyclic) bond motifs is 1. The summed E-state index contributed by atoms with van der Waals surface area (Å²) in [6, 6.07) is 3.17. The molecular formula is C11H15N5O. The van der Waals surface area contributed by atoms with Crippen LogP contribution in [0.2, 0.25) is 0 Å². The lowest BCUT2D eigenvalue weighted by Gasteiger charge is -2.10. The fourth-order valence-corrected chi connectivity index (χ4v) is 2.37. The zero-order valence-corrected chi connectivity index (χ0v) is 9.52. The van der Waals surface area contributed by atoms with Gasteiger partial charge in [-0.3, -0.25) is 9.89 Å². The molecule has 0 spiro atoms. The van der Waals surface area contributed by atoms with Crippen LogP contribution in [0.4, 0.5) is 0 Å². The molecule has 0 aliphatic carbocycles. The fraction of sp³-hybridized carbons (Fsp3) is 0.545. The number of nitrogens with zero attached hydrogens (tertiary/aromatic N) is 3. The Hall–Kier alpha value is -1.69. The first-order valence-corrected chi connectivity index (χ1v) is 6.00. The highest BCUT2D eigenvalue weighted by atomic mass is 16.1. The van der Waals surface area contributed by atoms with Crippen molar-refractivity contribution in [2.45, 2.75) is 25.2 Å². The minimum Gasteiger partial charge on any atom is -0.317 e. The van der Waals surface area contributed by atoms with Crippen LogP contribution in [0, 0.1) is 0 Å². The molecule has 1 aliphatic rings. The van der Waals surface area contributed by atoms with E-state index in [0.29, 0.717) is 11.6 Å². The molecule has 1 unspecified atom stereocenters. The van der Waals surface area contributed by atoms with E-state index in [1.165, 1.54) is 6.07 Å². The van der Waals surface area contributed by atoms with E-state index >= 15 is 0 Å². The number of aromatic nitrogens is 4. The predicted octanol–water partition coefficient (Wildman–Crippen LogP) is 0.275. The van der Waals surface area contributed by atoms with E-state index in [1.54, 1.807) is 10.6 Å².